The summed E-state index contributed by atoms with van der Waals surface area (Å²) in [4.78, 5) is 25.2. The zero-order valence-electron chi connectivity index (χ0n) is 35.2. The molecule has 0 radical (unpaired) electrons. The number of carbonyl (C=O) groups excluding carboxylic acids is 2. The van der Waals surface area contributed by atoms with Crippen LogP contribution in [-0.4, -0.2) is 89.0 Å². The first kappa shape index (κ1) is 51.5. The van der Waals surface area contributed by atoms with Crippen LogP contribution < -0.4 is 0 Å². The standard InChI is InChI=1S/C45H84O10/c1-3-5-7-9-11-13-14-15-16-17-18-19-20-21-22-23-24-26-28-30-32-34-41(48)54-38(37-53-45-44(51)43(50)42(49)39(35-46)55-45)36-52-40(47)33-31-29-27-25-12-10-8-6-4-2/h17-18,38-39,42-46,49-51H,3-16,19-37H2,1-2H3/b18-17-. The molecule has 10 heteroatoms. The van der Waals surface area contributed by atoms with Crippen LogP contribution in [0.4, 0.5) is 0 Å². The number of rotatable bonds is 38. The van der Waals surface area contributed by atoms with Crippen LogP contribution in [0.2, 0.25) is 0 Å². The molecule has 0 aromatic heterocycles. The van der Waals surface area contributed by atoms with Crippen LogP contribution >= 0.6 is 0 Å². The third-order valence-corrected chi connectivity index (χ3v) is 10.7. The fourth-order valence-electron chi connectivity index (χ4n) is 7.01. The quantitative estimate of drug-likeness (QED) is 0.0271. The molecule has 6 atom stereocenters. The average Bonchev–Trinajstić information content (AvgIpc) is 3.18. The molecule has 1 aliphatic heterocycles. The van der Waals surface area contributed by atoms with Gasteiger partial charge in [-0.1, -0.05) is 167 Å². The summed E-state index contributed by atoms with van der Waals surface area (Å²) in [6, 6.07) is 0. The van der Waals surface area contributed by atoms with Gasteiger partial charge >= 0.3 is 11.9 Å². The highest BCUT2D eigenvalue weighted by Crippen LogP contribution is 2.23. The summed E-state index contributed by atoms with van der Waals surface area (Å²) >= 11 is 0. The maximum absolute atomic E-state index is 12.8. The van der Waals surface area contributed by atoms with Gasteiger partial charge in [-0.2, -0.15) is 0 Å². The zero-order valence-corrected chi connectivity index (χ0v) is 35.2. The first-order valence-corrected chi connectivity index (χ1v) is 22.8. The number of allylic oxidation sites excluding steroid dienone is 2. The topological polar surface area (TPSA) is 152 Å². The van der Waals surface area contributed by atoms with E-state index in [0.29, 0.717) is 6.42 Å². The molecule has 1 rings (SSSR count). The Kier molecular flexibility index (Phi) is 34.4. The molecular formula is C45H84O10. The summed E-state index contributed by atoms with van der Waals surface area (Å²) in [6.45, 7) is 3.41. The van der Waals surface area contributed by atoms with Crippen molar-refractivity contribution in [3.05, 3.63) is 12.2 Å². The van der Waals surface area contributed by atoms with Crippen molar-refractivity contribution in [1.82, 2.24) is 0 Å². The monoisotopic (exact) mass is 785 g/mol. The van der Waals surface area contributed by atoms with Gasteiger partial charge in [0.05, 0.1) is 13.2 Å². The molecule has 0 bridgehead atoms. The van der Waals surface area contributed by atoms with Crippen molar-refractivity contribution in [3.63, 3.8) is 0 Å². The van der Waals surface area contributed by atoms with Gasteiger partial charge in [0.2, 0.25) is 0 Å². The first-order chi connectivity index (χ1) is 26.8. The van der Waals surface area contributed by atoms with Gasteiger partial charge in [-0.05, 0) is 38.5 Å². The molecule has 0 amide bonds. The summed E-state index contributed by atoms with van der Waals surface area (Å²) in [7, 11) is 0. The van der Waals surface area contributed by atoms with E-state index in [0.717, 1.165) is 38.5 Å². The van der Waals surface area contributed by atoms with Crippen molar-refractivity contribution in [1.29, 1.82) is 0 Å². The molecule has 0 aromatic carbocycles. The number of hydrogen-bond acceptors (Lipinski definition) is 10. The van der Waals surface area contributed by atoms with Crippen molar-refractivity contribution >= 4 is 11.9 Å². The number of esters is 2. The van der Waals surface area contributed by atoms with Crippen LogP contribution in [0.15, 0.2) is 12.2 Å². The van der Waals surface area contributed by atoms with Gasteiger partial charge in [0.15, 0.2) is 12.4 Å². The Hall–Kier alpha value is -1.56. The second-order valence-corrected chi connectivity index (χ2v) is 15.9. The zero-order chi connectivity index (χ0) is 40.2. The maximum Gasteiger partial charge on any atom is 0.306 e. The molecule has 0 aromatic rings. The van der Waals surface area contributed by atoms with Crippen molar-refractivity contribution < 1.29 is 49.0 Å². The van der Waals surface area contributed by atoms with Crippen LogP contribution in [0.25, 0.3) is 0 Å². The normalized spacial score (nSPS) is 20.6. The SMILES string of the molecule is CCCCCCCCCC/C=C\CCCCCCCCCCCC(=O)OC(COC(=O)CCCCCCCCCCC)COC1OC(CO)C(O)C(O)C1O. The number of unbranched alkanes of at least 4 members (excludes halogenated alkanes) is 25. The Balaban J connectivity index is 2.26. The molecule has 1 heterocycles. The molecule has 0 spiro atoms. The molecule has 4 N–H and O–H groups in total. The highest BCUT2D eigenvalue weighted by Gasteiger charge is 2.44. The largest absolute Gasteiger partial charge is 0.462 e. The third kappa shape index (κ3) is 28.5. The number of hydrogen-bond donors (Lipinski definition) is 4. The van der Waals surface area contributed by atoms with Crippen molar-refractivity contribution in [2.24, 2.45) is 0 Å². The molecule has 1 fully saturated rings. The summed E-state index contributed by atoms with van der Waals surface area (Å²) in [5.74, 6) is -0.803. The molecule has 10 nitrogen and oxygen atoms in total. The minimum Gasteiger partial charge on any atom is -0.462 e. The van der Waals surface area contributed by atoms with Crippen LogP contribution in [-0.2, 0) is 28.5 Å². The molecule has 1 aliphatic rings. The van der Waals surface area contributed by atoms with E-state index < -0.39 is 49.4 Å². The third-order valence-electron chi connectivity index (χ3n) is 10.7. The van der Waals surface area contributed by atoms with Gasteiger partial charge in [0.1, 0.15) is 31.0 Å². The van der Waals surface area contributed by atoms with E-state index in [4.69, 9.17) is 18.9 Å². The van der Waals surface area contributed by atoms with Gasteiger partial charge < -0.3 is 39.4 Å². The summed E-state index contributed by atoms with van der Waals surface area (Å²) < 4.78 is 22.1. The van der Waals surface area contributed by atoms with Gasteiger partial charge in [0.25, 0.3) is 0 Å². The first-order valence-electron chi connectivity index (χ1n) is 22.8. The lowest BCUT2D eigenvalue weighted by Gasteiger charge is -2.39. The van der Waals surface area contributed by atoms with Crippen LogP contribution in [0, 0.1) is 0 Å². The Morgan fingerprint density at radius 3 is 1.42 bits per heavy atom. The Morgan fingerprint density at radius 2 is 0.964 bits per heavy atom. The van der Waals surface area contributed by atoms with Gasteiger partial charge in [-0.25, -0.2) is 0 Å². The molecule has 324 valence electrons. The summed E-state index contributed by atoms with van der Waals surface area (Å²) in [5, 5.41) is 40.0. The van der Waals surface area contributed by atoms with E-state index in [2.05, 4.69) is 26.0 Å². The highest BCUT2D eigenvalue weighted by molar-refractivity contribution is 5.70. The van der Waals surface area contributed by atoms with Gasteiger partial charge in [-0.15, -0.1) is 0 Å². The molecule has 0 saturated carbocycles. The number of aliphatic hydroxyl groups is 4. The van der Waals surface area contributed by atoms with Crippen molar-refractivity contribution in [2.75, 3.05) is 19.8 Å². The Morgan fingerprint density at radius 1 is 0.545 bits per heavy atom. The van der Waals surface area contributed by atoms with Gasteiger partial charge in [0, 0.05) is 12.8 Å². The molecule has 0 aliphatic carbocycles. The predicted octanol–water partition coefficient (Wildman–Crippen LogP) is 9.56. The summed E-state index contributed by atoms with van der Waals surface area (Å²) in [6.07, 6.45) is 30.9. The van der Waals surface area contributed by atoms with Crippen LogP contribution in [0.5, 0.6) is 0 Å². The predicted molar refractivity (Wildman–Crippen MR) is 220 cm³/mol. The Bertz CT molecular complexity index is 912. The van der Waals surface area contributed by atoms with E-state index in [9.17, 15) is 30.0 Å². The Labute approximate surface area is 335 Å². The fourth-order valence-corrected chi connectivity index (χ4v) is 7.01. The summed E-state index contributed by atoms with van der Waals surface area (Å²) in [5.41, 5.74) is 0. The second kappa shape index (κ2) is 36.8. The highest BCUT2D eigenvalue weighted by atomic mass is 16.7. The molecule has 6 unspecified atom stereocenters. The van der Waals surface area contributed by atoms with Crippen LogP contribution in [0.3, 0.4) is 0 Å². The molecule has 1 saturated heterocycles. The lowest BCUT2D eigenvalue weighted by Crippen LogP contribution is -2.59. The number of aliphatic hydroxyl groups excluding tert-OH is 4. The maximum atomic E-state index is 12.8. The van der Waals surface area contributed by atoms with Crippen molar-refractivity contribution in [2.45, 2.75) is 243 Å². The number of ether oxygens (including phenoxy) is 4. The van der Waals surface area contributed by atoms with Gasteiger partial charge in [-0.3, -0.25) is 9.59 Å². The lowest BCUT2D eigenvalue weighted by molar-refractivity contribution is -0.305. The van der Waals surface area contributed by atoms with E-state index in [1.54, 1.807) is 0 Å². The van der Waals surface area contributed by atoms with E-state index in [-0.39, 0.29) is 32.0 Å². The molecular weight excluding hydrogens is 700 g/mol. The van der Waals surface area contributed by atoms with E-state index in [1.807, 2.05) is 0 Å². The second-order valence-electron chi connectivity index (χ2n) is 15.9. The van der Waals surface area contributed by atoms with E-state index >= 15 is 0 Å². The minimum atomic E-state index is -1.59. The smallest absolute Gasteiger partial charge is 0.306 e. The van der Waals surface area contributed by atoms with E-state index in [1.165, 1.54) is 135 Å². The lowest BCUT2D eigenvalue weighted by atomic mass is 9.99. The number of carbonyl (C=O) groups is 2. The van der Waals surface area contributed by atoms with Crippen molar-refractivity contribution in [3.8, 4) is 0 Å². The average molecular weight is 785 g/mol. The minimum absolute atomic E-state index is 0.213. The van der Waals surface area contributed by atoms with Crippen LogP contribution in [0.1, 0.15) is 206 Å². The fraction of sp³-hybridized carbons (Fsp3) is 0.911. The molecule has 55 heavy (non-hydrogen) atoms.